The maximum Gasteiger partial charge on any atom is 0.137 e. The Bertz CT molecular complexity index is 1050. The summed E-state index contributed by atoms with van der Waals surface area (Å²) in [6.45, 7) is 3.91. The molecule has 0 radical (unpaired) electrons. The topological polar surface area (TPSA) is 71.9 Å². The molecule has 1 aliphatic rings. The molecule has 0 saturated carbocycles. The van der Waals surface area contributed by atoms with E-state index in [1.807, 2.05) is 38.2 Å². The molecule has 29 heavy (non-hydrogen) atoms. The molecule has 0 fully saturated rings. The SMILES string of the molecule is CC(C)Oc1ccc(-c2ncc(-c3cccc4c3CCC[C@H]4N)s2)cc1C#N.Cl. The zero-order chi connectivity index (χ0) is 19.7. The monoisotopic (exact) mass is 425 g/mol. The first kappa shape index (κ1) is 21.3. The van der Waals surface area contributed by atoms with Crippen molar-refractivity contribution in [1.29, 1.82) is 5.26 Å². The van der Waals surface area contributed by atoms with Crippen molar-refractivity contribution >= 4 is 23.7 Å². The fourth-order valence-corrected chi connectivity index (χ4v) is 4.72. The molecular weight excluding hydrogens is 402 g/mol. The standard InChI is InChI=1S/C23H23N3OS.ClH/c1-14(2)27-21-10-9-15(11-16(21)12-24)23-26-13-22(28-23)19-7-3-6-18-17(19)5-4-8-20(18)25;/h3,6-7,9-11,13-14,20H,4-5,8,25H2,1-2H3;1H/t20-;/m1./s1. The van der Waals surface area contributed by atoms with Crippen molar-refractivity contribution < 1.29 is 4.74 Å². The van der Waals surface area contributed by atoms with Gasteiger partial charge in [-0.05, 0) is 68.0 Å². The van der Waals surface area contributed by atoms with E-state index in [0.29, 0.717) is 11.3 Å². The number of rotatable bonds is 4. The summed E-state index contributed by atoms with van der Waals surface area (Å²) in [4.78, 5) is 5.77. The number of hydrogen-bond acceptors (Lipinski definition) is 5. The normalized spacial score (nSPS) is 15.3. The maximum atomic E-state index is 9.48. The van der Waals surface area contributed by atoms with Gasteiger partial charge in [0, 0.05) is 17.8 Å². The predicted molar refractivity (Wildman–Crippen MR) is 121 cm³/mol. The van der Waals surface area contributed by atoms with E-state index in [2.05, 4.69) is 29.3 Å². The summed E-state index contributed by atoms with van der Waals surface area (Å²) >= 11 is 1.65. The van der Waals surface area contributed by atoms with Gasteiger partial charge < -0.3 is 10.5 Å². The van der Waals surface area contributed by atoms with E-state index in [9.17, 15) is 5.26 Å². The van der Waals surface area contributed by atoms with Crippen molar-refractivity contribution in [3.63, 3.8) is 0 Å². The molecular formula is C23H24ClN3OS. The molecule has 3 aromatic rings. The third kappa shape index (κ3) is 4.30. The summed E-state index contributed by atoms with van der Waals surface area (Å²) in [5.74, 6) is 0.615. The van der Waals surface area contributed by atoms with E-state index in [1.165, 1.54) is 16.7 Å². The van der Waals surface area contributed by atoms with Crippen LogP contribution in [-0.4, -0.2) is 11.1 Å². The van der Waals surface area contributed by atoms with Gasteiger partial charge in [0.05, 0.1) is 16.5 Å². The molecule has 0 unspecified atom stereocenters. The summed E-state index contributed by atoms with van der Waals surface area (Å²) in [7, 11) is 0. The number of fused-ring (bicyclic) bond motifs is 1. The van der Waals surface area contributed by atoms with Crippen LogP contribution in [-0.2, 0) is 6.42 Å². The fourth-order valence-electron chi connectivity index (χ4n) is 3.76. The zero-order valence-corrected chi connectivity index (χ0v) is 18.1. The number of nitrogens with zero attached hydrogens (tertiary/aromatic N) is 2. The predicted octanol–water partition coefficient (Wildman–Crippen LogP) is 5.89. The number of benzene rings is 2. The van der Waals surface area contributed by atoms with Gasteiger partial charge in [-0.2, -0.15) is 5.26 Å². The largest absolute Gasteiger partial charge is 0.490 e. The number of ether oxygens (including phenoxy) is 1. The van der Waals surface area contributed by atoms with Crippen LogP contribution in [0.25, 0.3) is 21.0 Å². The molecule has 0 spiro atoms. The molecule has 1 atom stereocenters. The summed E-state index contributed by atoms with van der Waals surface area (Å²) in [5, 5.41) is 10.4. The Kier molecular flexibility index (Phi) is 6.59. The van der Waals surface area contributed by atoms with Crippen LogP contribution in [0.3, 0.4) is 0 Å². The van der Waals surface area contributed by atoms with Gasteiger partial charge in [-0.1, -0.05) is 18.2 Å². The molecule has 2 aromatic carbocycles. The highest BCUT2D eigenvalue weighted by molar-refractivity contribution is 7.18. The van der Waals surface area contributed by atoms with Crippen molar-refractivity contribution in [1.82, 2.24) is 4.98 Å². The molecule has 1 aromatic heterocycles. The van der Waals surface area contributed by atoms with E-state index < -0.39 is 0 Å². The summed E-state index contributed by atoms with van der Waals surface area (Å²) in [5.41, 5.74) is 11.6. The van der Waals surface area contributed by atoms with Gasteiger partial charge in [0.1, 0.15) is 16.8 Å². The Morgan fingerprint density at radius 2 is 2.10 bits per heavy atom. The smallest absolute Gasteiger partial charge is 0.137 e. The minimum Gasteiger partial charge on any atom is -0.490 e. The second-order valence-electron chi connectivity index (χ2n) is 7.39. The number of nitrogens with two attached hydrogens (primary N) is 1. The molecule has 0 aliphatic heterocycles. The lowest BCUT2D eigenvalue weighted by Gasteiger charge is -2.24. The summed E-state index contributed by atoms with van der Waals surface area (Å²) in [6.07, 6.45) is 5.19. The van der Waals surface area contributed by atoms with Crippen LogP contribution >= 0.6 is 23.7 Å². The maximum absolute atomic E-state index is 9.48. The zero-order valence-electron chi connectivity index (χ0n) is 16.5. The highest BCUT2D eigenvalue weighted by Gasteiger charge is 2.21. The quantitative estimate of drug-likeness (QED) is 0.565. The summed E-state index contributed by atoms with van der Waals surface area (Å²) < 4.78 is 5.72. The molecule has 6 heteroatoms. The third-order valence-electron chi connectivity index (χ3n) is 5.03. The lowest BCUT2D eigenvalue weighted by Crippen LogP contribution is -2.17. The van der Waals surface area contributed by atoms with E-state index in [1.54, 1.807) is 11.3 Å². The highest BCUT2D eigenvalue weighted by Crippen LogP contribution is 2.39. The van der Waals surface area contributed by atoms with Gasteiger partial charge in [0.2, 0.25) is 0 Å². The Balaban J connectivity index is 0.00000240. The van der Waals surface area contributed by atoms with Crippen LogP contribution in [0.4, 0.5) is 0 Å². The number of aromatic nitrogens is 1. The van der Waals surface area contributed by atoms with Crippen LogP contribution in [0.2, 0.25) is 0 Å². The Labute approximate surface area is 181 Å². The molecule has 1 heterocycles. The minimum atomic E-state index is 0. The summed E-state index contributed by atoms with van der Waals surface area (Å²) in [6, 6.07) is 14.4. The van der Waals surface area contributed by atoms with E-state index in [4.69, 9.17) is 10.5 Å². The Hall–Kier alpha value is -2.39. The molecule has 0 saturated heterocycles. The second kappa shape index (κ2) is 8.96. The number of hydrogen-bond donors (Lipinski definition) is 1. The van der Waals surface area contributed by atoms with E-state index in [-0.39, 0.29) is 24.6 Å². The van der Waals surface area contributed by atoms with Crippen LogP contribution in [0.1, 0.15) is 49.4 Å². The fraction of sp³-hybridized carbons (Fsp3) is 0.304. The first-order valence-electron chi connectivity index (χ1n) is 9.61. The molecule has 2 N–H and O–H groups in total. The van der Waals surface area contributed by atoms with Gasteiger partial charge in [-0.15, -0.1) is 23.7 Å². The van der Waals surface area contributed by atoms with Crippen molar-refractivity contribution in [2.24, 2.45) is 5.73 Å². The molecule has 4 rings (SSSR count). The number of nitriles is 1. The molecule has 150 valence electrons. The average molecular weight is 426 g/mol. The number of thiazole rings is 1. The third-order valence-corrected chi connectivity index (χ3v) is 6.11. The molecule has 0 bridgehead atoms. The lowest BCUT2D eigenvalue weighted by atomic mass is 9.85. The van der Waals surface area contributed by atoms with Crippen molar-refractivity contribution in [3.8, 4) is 32.8 Å². The van der Waals surface area contributed by atoms with Crippen LogP contribution in [0, 0.1) is 11.3 Å². The van der Waals surface area contributed by atoms with Crippen LogP contribution in [0.5, 0.6) is 5.75 Å². The number of halogens is 1. The van der Waals surface area contributed by atoms with Gasteiger partial charge in [-0.3, -0.25) is 0 Å². The average Bonchev–Trinajstić information content (AvgIpc) is 3.18. The molecule has 0 amide bonds. The van der Waals surface area contributed by atoms with Gasteiger partial charge in [0.25, 0.3) is 0 Å². The van der Waals surface area contributed by atoms with Crippen molar-refractivity contribution in [2.45, 2.75) is 45.3 Å². The van der Waals surface area contributed by atoms with Gasteiger partial charge >= 0.3 is 0 Å². The molecule has 4 nitrogen and oxygen atoms in total. The Morgan fingerprint density at radius 1 is 1.28 bits per heavy atom. The van der Waals surface area contributed by atoms with E-state index in [0.717, 1.165) is 34.7 Å². The van der Waals surface area contributed by atoms with Gasteiger partial charge in [-0.25, -0.2) is 4.98 Å². The minimum absolute atomic E-state index is 0. The highest BCUT2D eigenvalue weighted by atomic mass is 35.5. The second-order valence-corrected chi connectivity index (χ2v) is 8.42. The van der Waals surface area contributed by atoms with Crippen LogP contribution in [0.15, 0.2) is 42.6 Å². The first-order chi connectivity index (χ1) is 13.6. The lowest BCUT2D eigenvalue weighted by molar-refractivity contribution is 0.242. The van der Waals surface area contributed by atoms with Crippen molar-refractivity contribution in [3.05, 3.63) is 59.3 Å². The first-order valence-corrected chi connectivity index (χ1v) is 10.4. The van der Waals surface area contributed by atoms with E-state index >= 15 is 0 Å². The molecule has 1 aliphatic carbocycles. The van der Waals surface area contributed by atoms with Crippen molar-refractivity contribution in [2.75, 3.05) is 0 Å². The van der Waals surface area contributed by atoms with Crippen LogP contribution < -0.4 is 10.5 Å². The van der Waals surface area contributed by atoms with Gasteiger partial charge in [0.15, 0.2) is 0 Å². The Morgan fingerprint density at radius 3 is 2.86 bits per heavy atom.